The van der Waals surface area contributed by atoms with Crippen LogP contribution in [0.2, 0.25) is 0 Å². The molecule has 1 aliphatic heterocycles. The summed E-state index contributed by atoms with van der Waals surface area (Å²) in [6, 6.07) is 6.86. The number of benzene rings is 1. The number of hydrogen-bond donors (Lipinski definition) is 2. The minimum atomic E-state index is -0.184. The van der Waals surface area contributed by atoms with Crippen LogP contribution < -0.4 is 15.5 Å². The van der Waals surface area contributed by atoms with Crippen molar-refractivity contribution in [2.75, 3.05) is 71.0 Å². The van der Waals surface area contributed by atoms with Crippen LogP contribution >= 0.6 is 0 Å². The van der Waals surface area contributed by atoms with Gasteiger partial charge >= 0.3 is 0 Å². The van der Waals surface area contributed by atoms with E-state index in [1.54, 1.807) is 12.1 Å². The first-order valence-electron chi connectivity index (χ1n) is 9.48. The quantitative estimate of drug-likeness (QED) is 0.395. The number of para-hydroxylation sites is 1. The molecule has 1 fully saturated rings. The third-order valence-corrected chi connectivity index (χ3v) is 4.35. The lowest BCUT2D eigenvalue weighted by molar-refractivity contribution is 0.0389. The van der Waals surface area contributed by atoms with Crippen molar-refractivity contribution in [2.24, 2.45) is 4.99 Å². The molecule has 1 saturated heterocycles. The van der Waals surface area contributed by atoms with Crippen LogP contribution in [-0.2, 0) is 4.74 Å². The van der Waals surface area contributed by atoms with Crippen LogP contribution in [0.4, 0.5) is 10.1 Å². The van der Waals surface area contributed by atoms with Gasteiger partial charge in [-0.25, -0.2) is 4.39 Å². The van der Waals surface area contributed by atoms with Crippen molar-refractivity contribution >= 4 is 11.6 Å². The molecule has 6 nitrogen and oxygen atoms in total. The molecule has 1 aliphatic rings. The fourth-order valence-corrected chi connectivity index (χ4v) is 2.88. The summed E-state index contributed by atoms with van der Waals surface area (Å²) in [5.74, 6) is 0.658. The van der Waals surface area contributed by atoms with E-state index in [1.165, 1.54) is 6.07 Å². The molecule has 1 aromatic rings. The van der Waals surface area contributed by atoms with Gasteiger partial charge in [0.1, 0.15) is 5.82 Å². The largest absolute Gasteiger partial charge is 0.379 e. The Morgan fingerprint density at radius 1 is 1.27 bits per heavy atom. The molecule has 0 bridgehead atoms. The Hall–Kier alpha value is -1.86. The maximum atomic E-state index is 13.8. The topological polar surface area (TPSA) is 52.1 Å². The van der Waals surface area contributed by atoms with Crippen molar-refractivity contribution in [2.45, 2.75) is 13.3 Å². The monoisotopic (exact) mass is 365 g/mol. The smallest absolute Gasteiger partial charge is 0.191 e. The van der Waals surface area contributed by atoms with Gasteiger partial charge in [-0.05, 0) is 25.5 Å². The van der Waals surface area contributed by atoms with Crippen molar-refractivity contribution in [3.05, 3.63) is 30.1 Å². The maximum absolute atomic E-state index is 13.8. The van der Waals surface area contributed by atoms with Crippen molar-refractivity contribution < 1.29 is 9.13 Å². The standard InChI is InChI=1S/C19H32FN5O/c1-3-21-19(23-10-12-25-13-15-26-16-14-25)22-9-6-11-24(2)18-8-5-4-7-17(18)20/h4-5,7-8H,3,6,9-16H2,1-2H3,(H2,21,22,23). The van der Waals surface area contributed by atoms with Gasteiger partial charge in [0.15, 0.2) is 5.96 Å². The molecule has 26 heavy (non-hydrogen) atoms. The van der Waals surface area contributed by atoms with E-state index >= 15 is 0 Å². The van der Waals surface area contributed by atoms with Crippen LogP contribution in [0.5, 0.6) is 0 Å². The van der Waals surface area contributed by atoms with Crippen molar-refractivity contribution in [1.82, 2.24) is 15.5 Å². The Bertz CT molecular complexity index is 548. The van der Waals surface area contributed by atoms with Crippen LogP contribution in [0.1, 0.15) is 13.3 Å². The van der Waals surface area contributed by atoms with Gasteiger partial charge in [-0.2, -0.15) is 0 Å². The summed E-state index contributed by atoms with van der Waals surface area (Å²) < 4.78 is 19.1. The van der Waals surface area contributed by atoms with Gasteiger partial charge in [-0.15, -0.1) is 0 Å². The number of halogens is 1. The first kappa shape index (κ1) is 20.5. The van der Waals surface area contributed by atoms with Crippen LogP contribution in [-0.4, -0.2) is 76.9 Å². The summed E-state index contributed by atoms with van der Waals surface area (Å²) >= 11 is 0. The summed E-state index contributed by atoms with van der Waals surface area (Å²) in [4.78, 5) is 8.94. The Kier molecular flexibility index (Phi) is 9.20. The predicted molar refractivity (Wildman–Crippen MR) is 106 cm³/mol. The molecule has 0 aliphatic carbocycles. The highest BCUT2D eigenvalue weighted by molar-refractivity contribution is 5.79. The Morgan fingerprint density at radius 3 is 2.77 bits per heavy atom. The molecule has 0 amide bonds. The molecule has 0 spiro atoms. The van der Waals surface area contributed by atoms with E-state index in [0.717, 1.165) is 64.9 Å². The Morgan fingerprint density at radius 2 is 2.04 bits per heavy atom. The number of nitrogens with one attached hydrogen (secondary N) is 2. The minimum absolute atomic E-state index is 0.184. The summed E-state index contributed by atoms with van der Waals surface area (Å²) in [7, 11) is 1.91. The third-order valence-electron chi connectivity index (χ3n) is 4.35. The summed E-state index contributed by atoms with van der Waals surface area (Å²) in [6.45, 7) is 9.85. The number of nitrogens with zero attached hydrogens (tertiary/aromatic N) is 3. The average Bonchev–Trinajstić information content (AvgIpc) is 2.66. The van der Waals surface area contributed by atoms with E-state index in [0.29, 0.717) is 12.2 Å². The van der Waals surface area contributed by atoms with Gasteiger partial charge in [0.2, 0.25) is 0 Å². The SMILES string of the molecule is CCNC(=NCCCN(C)c1ccccc1F)NCCN1CCOCC1. The summed E-state index contributed by atoms with van der Waals surface area (Å²) in [5, 5.41) is 6.65. The second-order valence-electron chi connectivity index (χ2n) is 6.37. The average molecular weight is 365 g/mol. The molecule has 0 atom stereocenters. The molecule has 0 aromatic heterocycles. The fourth-order valence-electron chi connectivity index (χ4n) is 2.88. The molecule has 7 heteroatoms. The van der Waals surface area contributed by atoms with E-state index in [2.05, 4.69) is 27.4 Å². The predicted octanol–water partition coefficient (Wildman–Crippen LogP) is 1.54. The van der Waals surface area contributed by atoms with Crippen molar-refractivity contribution in [1.29, 1.82) is 0 Å². The van der Waals surface area contributed by atoms with Crippen LogP contribution in [0.25, 0.3) is 0 Å². The zero-order valence-corrected chi connectivity index (χ0v) is 16.0. The van der Waals surface area contributed by atoms with E-state index in [1.807, 2.05) is 18.0 Å². The lowest BCUT2D eigenvalue weighted by Crippen LogP contribution is -2.44. The summed E-state index contributed by atoms with van der Waals surface area (Å²) in [6.07, 6.45) is 0.866. The molecule has 0 saturated carbocycles. The molecule has 1 aromatic carbocycles. The molecule has 1 heterocycles. The first-order valence-corrected chi connectivity index (χ1v) is 9.48. The molecule has 2 N–H and O–H groups in total. The number of aliphatic imine (C=N–C) groups is 1. The molecular formula is C19H32FN5O. The number of ether oxygens (including phenoxy) is 1. The lowest BCUT2D eigenvalue weighted by atomic mass is 10.2. The van der Waals surface area contributed by atoms with E-state index in [9.17, 15) is 4.39 Å². The maximum Gasteiger partial charge on any atom is 0.191 e. The molecule has 0 radical (unpaired) electrons. The molecular weight excluding hydrogens is 333 g/mol. The fraction of sp³-hybridized carbons (Fsp3) is 0.632. The Labute approximate surface area is 156 Å². The molecule has 2 rings (SSSR count). The third kappa shape index (κ3) is 7.17. The van der Waals surface area contributed by atoms with Crippen LogP contribution in [0.3, 0.4) is 0 Å². The number of guanidine groups is 1. The number of rotatable bonds is 9. The molecule has 146 valence electrons. The van der Waals surface area contributed by atoms with Gasteiger partial charge in [0.25, 0.3) is 0 Å². The number of anilines is 1. The minimum Gasteiger partial charge on any atom is -0.379 e. The van der Waals surface area contributed by atoms with Crippen molar-refractivity contribution in [3.63, 3.8) is 0 Å². The van der Waals surface area contributed by atoms with Gasteiger partial charge in [0, 0.05) is 52.9 Å². The zero-order valence-electron chi connectivity index (χ0n) is 16.0. The number of hydrogen-bond acceptors (Lipinski definition) is 4. The second-order valence-corrected chi connectivity index (χ2v) is 6.37. The first-order chi connectivity index (χ1) is 12.7. The highest BCUT2D eigenvalue weighted by Gasteiger charge is 2.09. The second kappa shape index (κ2) is 11.7. The van der Waals surface area contributed by atoms with Crippen molar-refractivity contribution in [3.8, 4) is 0 Å². The van der Waals surface area contributed by atoms with Crippen LogP contribution in [0.15, 0.2) is 29.3 Å². The van der Waals surface area contributed by atoms with Gasteiger partial charge in [-0.3, -0.25) is 9.89 Å². The van der Waals surface area contributed by atoms with E-state index in [4.69, 9.17) is 4.74 Å². The number of morpholine rings is 1. The van der Waals surface area contributed by atoms with E-state index in [-0.39, 0.29) is 5.82 Å². The summed E-state index contributed by atoms with van der Waals surface area (Å²) in [5.41, 5.74) is 0.632. The Balaban J connectivity index is 1.69. The zero-order chi connectivity index (χ0) is 18.6. The van der Waals surface area contributed by atoms with Crippen LogP contribution in [0, 0.1) is 5.82 Å². The van der Waals surface area contributed by atoms with Gasteiger partial charge in [0.05, 0.1) is 18.9 Å². The normalized spacial score (nSPS) is 15.7. The highest BCUT2D eigenvalue weighted by atomic mass is 19.1. The lowest BCUT2D eigenvalue weighted by Gasteiger charge is -2.26. The van der Waals surface area contributed by atoms with Gasteiger partial charge < -0.3 is 20.3 Å². The highest BCUT2D eigenvalue weighted by Crippen LogP contribution is 2.16. The van der Waals surface area contributed by atoms with Gasteiger partial charge in [-0.1, -0.05) is 12.1 Å². The van der Waals surface area contributed by atoms with E-state index < -0.39 is 0 Å². The molecule has 0 unspecified atom stereocenters.